The van der Waals surface area contributed by atoms with E-state index >= 15 is 0 Å². The van der Waals surface area contributed by atoms with Gasteiger partial charge in [0.25, 0.3) is 0 Å². The van der Waals surface area contributed by atoms with Crippen LogP contribution in [-0.4, -0.2) is 12.6 Å². The van der Waals surface area contributed by atoms with Crippen molar-refractivity contribution in [1.82, 2.24) is 0 Å². The zero-order valence-electron chi connectivity index (χ0n) is 7.27. The summed E-state index contributed by atoms with van der Waals surface area (Å²) in [6.07, 6.45) is -1.32. The van der Waals surface area contributed by atoms with Crippen molar-refractivity contribution in [2.75, 3.05) is 0 Å². The quantitative estimate of drug-likeness (QED) is 0.542. The summed E-state index contributed by atoms with van der Waals surface area (Å²) >= 11 is 0. The van der Waals surface area contributed by atoms with Crippen molar-refractivity contribution in [3.05, 3.63) is 0 Å². The molecule has 3 atom stereocenters. The largest absolute Gasteiger partial charge is 0.247 e. The first-order valence-corrected chi connectivity index (χ1v) is 4.53. The lowest BCUT2D eigenvalue weighted by molar-refractivity contribution is 0.0536. The highest BCUT2D eigenvalue weighted by Gasteiger charge is 2.30. The van der Waals surface area contributed by atoms with Gasteiger partial charge in [-0.1, -0.05) is 13.3 Å². The Hall–Kier alpha value is -0.210. The zero-order chi connectivity index (χ0) is 9.14. The molecule has 72 valence electrons. The molecular weight excluding hydrogens is 165 g/mol. The molecule has 0 aromatic heterocycles. The van der Waals surface area contributed by atoms with E-state index in [9.17, 15) is 13.2 Å². The van der Waals surface area contributed by atoms with Gasteiger partial charge in [-0.3, -0.25) is 0 Å². The molecule has 12 heavy (non-hydrogen) atoms. The first-order chi connectivity index (χ1) is 5.61. The molecular formula is C9H15F3. The average Bonchev–Trinajstić information content (AvgIpc) is 2.15. The monoisotopic (exact) mass is 180 g/mol. The Morgan fingerprint density at radius 2 is 1.92 bits per heavy atom. The van der Waals surface area contributed by atoms with E-state index in [4.69, 9.17) is 0 Å². The Morgan fingerprint density at radius 1 is 1.25 bits per heavy atom. The fraction of sp³-hybridized carbons (Fsp3) is 1.00. The Kier molecular flexibility index (Phi) is 3.41. The summed E-state index contributed by atoms with van der Waals surface area (Å²) in [5.74, 6) is -0.737. The summed E-state index contributed by atoms with van der Waals surface area (Å²) in [6.45, 7) is 1.80. The van der Waals surface area contributed by atoms with Gasteiger partial charge in [0, 0.05) is 5.92 Å². The molecule has 0 aliphatic heterocycles. The third kappa shape index (κ3) is 2.39. The van der Waals surface area contributed by atoms with E-state index in [0.717, 1.165) is 12.8 Å². The van der Waals surface area contributed by atoms with Crippen LogP contribution < -0.4 is 0 Å². The first-order valence-electron chi connectivity index (χ1n) is 4.53. The average molecular weight is 180 g/mol. The van der Waals surface area contributed by atoms with Crippen LogP contribution in [-0.2, 0) is 0 Å². The second-order valence-electron chi connectivity index (χ2n) is 3.75. The van der Waals surface area contributed by atoms with Crippen LogP contribution in [0.3, 0.4) is 0 Å². The standard InChI is InChI=1S/C9H15F3/c1-6-3-2-4-7(9(11)12)5-8(6)10/h6-9H,2-5H2,1H3. The molecule has 1 aliphatic rings. The molecule has 0 radical (unpaired) electrons. The molecule has 0 amide bonds. The first kappa shape index (κ1) is 9.87. The molecule has 3 heteroatoms. The predicted octanol–water partition coefficient (Wildman–Crippen LogP) is 3.42. The van der Waals surface area contributed by atoms with Crippen molar-refractivity contribution in [3.63, 3.8) is 0 Å². The minimum absolute atomic E-state index is 0.0336. The van der Waals surface area contributed by atoms with Crippen LogP contribution in [0.15, 0.2) is 0 Å². The molecule has 1 aliphatic carbocycles. The molecule has 1 rings (SSSR count). The molecule has 0 heterocycles. The number of hydrogen-bond acceptors (Lipinski definition) is 0. The van der Waals surface area contributed by atoms with Gasteiger partial charge in [-0.05, 0) is 25.2 Å². The van der Waals surface area contributed by atoms with Gasteiger partial charge >= 0.3 is 0 Å². The Morgan fingerprint density at radius 3 is 2.50 bits per heavy atom. The third-order valence-corrected chi connectivity index (χ3v) is 2.74. The predicted molar refractivity (Wildman–Crippen MR) is 42.0 cm³/mol. The Bertz CT molecular complexity index is 136. The van der Waals surface area contributed by atoms with E-state index < -0.39 is 18.5 Å². The third-order valence-electron chi connectivity index (χ3n) is 2.74. The summed E-state index contributed by atoms with van der Waals surface area (Å²) in [6, 6.07) is 0. The zero-order valence-corrected chi connectivity index (χ0v) is 7.27. The van der Waals surface area contributed by atoms with Gasteiger partial charge in [-0.2, -0.15) is 0 Å². The van der Waals surface area contributed by atoms with Crippen LogP contribution >= 0.6 is 0 Å². The van der Waals surface area contributed by atoms with E-state index in [1.165, 1.54) is 0 Å². The normalized spacial score (nSPS) is 38.2. The van der Waals surface area contributed by atoms with Gasteiger partial charge < -0.3 is 0 Å². The number of halogens is 3. The van der Waals surface area contributed by atoms with E-state index in [1.54, 1.807) is 6.92 Å². The number of alkyl halides is 3. The van der Waals surface area contributed by atoms with E-state index in [-0.39, 0.29) is 12.3 Å². The second kappa shape index (κ2) is 4.15. The molecule has 3 unspecified atom stereocenters. The van der Waals surface area contributed by atoms with Crippen molar-refractivity contribution in [2.45, 2.75) is 45.2 Å². The van der Waals surface area contributed by atoms with Crippen LogP contribution in [0.25, 0.3) is 0 Å². The highest BCUT2D eigenvalue weighted by molar-refractivity contribution is 4.76. The summed E-state index contributed by atoms with van der Waals surface area (Å²) in [5.41, 5.74) is 0. The highest BCUT2D eigenvalue weighted by Crippen LogP contribution is 2.32. The number of rotatable bonds is 1. The van der Waals surface area contributed by atoms with E-state index in [1.807, 2.05) is 0 Å². The number of hydrogen-bond donors (Lipinski definition) is 0. The van der Waals surface area contributed by atoms with Crippen molar-refractivity contribution < 1.29 is 13.2 Å². The summed E-state index contributed by atoms with van der Waals surface area (Å²) < 4.78 is 37.6. The SMILES string of the molecule is CC1CCCC(C(F)F)CC1F. The molecule has 0 nitrogen and oxygen atoms in total. The van der Waals surface area contributed by atoms with Gasteiger partial charge in [0.1, 0.15) is 6.17 Å². The van der Waals surface area contributed by atoms with Crippen LogP contribution in [0.2, 0.25) is 0 Å². The maximum atomic E-state index is 13.1. The van der Waals surface area contributed by atoms with Gasteiger partial charge in [0.05, 0.1) is 0 Å². The van der Waals surface area contributed by atoms with E-state index in [2.05, 4.69) is 0 Å². The van der Waals surface area contributed by atoms with Crippen molar-refractivity contribution in [3.8, 4) is 0 Å². The Balaban J connectivity index is 2.48. The molecule has 0 spiro atoms. The summed E-state index contributed by atoms with van der Waals surface area (Å²) in [5, 5.41) is 0. The maximum absolute atomic E-state index is 13.1. The van der Waals surface area contributed by atoms with Crippen LogP contribution in [0.5, 0.6) is 0 Å². The van der Waals surface area contributed by atoms with Crippen molar-refractivity contribution in [1.29, 1.82) is 0 Å². The molecule has 0 N–H and O–H groups in total. The van der Waals surface area contributed by atoms with Gasteiger partial charge in [0.15, 0.2) is 0 Å². The lowest BCUT2D eigenvalue weighted by Crippen LogP contribution is -2.17. The van der Waals surface area contributed by atoms with Crippen LogP contribution in [0, 0.1) is 11.8 Å². The smallest absolute Gasteiger partial charge is 0.241 e. The lowest BCUT2D eigenvalue weighted by Gasteiger charge is -2.16. The second-order valence-corrected chi connectivity index (χ2v) is 3.75. The van der Waals surface area contributed by atoms with Crippen LogP contribution in [0.4, 0.5) is 13.2 Å². The Labute approximate surface area is 71.1 Å². The fourth-order valence-corrected chi connectivity index (χ4v) is 1.75. The highest BCUT2D eigenvalue weighted by atomic mass is 19.3. The van der Waals surface area contributed by atoms with Crippen molar-refractivity contribution >= 4 is 0 Å². The fourth-order valence-electron chi connectivity index (χ4n) is 1.75. The van der Waals surface area contributed by atoms with Gasteiger partial charge in [-0.15, -0.1) is 0 Å². The maximum Gasteiger partial charge on any atom is 0.241 e. The molecule has 1 saturated carbocycles. The molecule has 0 aromatic rings. The van der Waals surface area contributed by atoms with Gasteiger partial charge in [0.2, 0.25) is 6.43 Å². The van der Waals surface area contributed by atoms with E-state index in [0.29, 0.717) is 6.42 Å². The molecule has 0 bridgehead atoms. The molecule has 0 aromatic carbocycles. The summed E-state index contributed by atoms with van der Waals surface area (Å²) in [7, 11) is 0. The molecule has 0 saturated heterocycles. The van der Waals surface area contributed by atoms with Crippen molar-refractivity contribution in [2.24, 2.45) is 11.8 Å². The molecule has 1 fully saturated rings. The minimum atomic E-state index is -2.34. The lowest BCUT2D eigenvalue weighted by atomic mass is 9.98. The van der Waals surface area contributed by atoms with Crippen LogP contribution in [0.1, 0.15) is 32.6 Å². The summed E-state index contributed by atoms with van der Waals surface area (Å²) in [4.78, 5) is 0. The minimum Gasteiger partial charge on any atom is -0.247 e. The van der Waals surface area contributed by atoms with Gasteiger partial charge in [-0.25, -0.2) is 13.2 Å². The topological polar surface area (TPSA) is 0 Å².